The zero-order valence-electron chi connectivity index (χ0n) is 14.6. The van der Waals surface area contributed by atoms with Crippen molar-refractivity contribution >= 4 is 5.97 Å². The molecular weight excluding hydrogens is 276 g/mol. The Kier molecular flexibility index (Phi) is 8.00. The van der Waals surface area contributed by atoms with E-state index in [4.69, 9.17) is 9.47 Å². The van der Waals surface area contributed by atoms with Crippen molar-refractivity contribution in [2.24, 2.45) is 5.92 Å². The second kappa shape index (κ2) is 9.50. The van der Waals surface area contributed by atoms with Crippen LogP contribution in [-0.2, 0) is 9.53 Å². The number of benzene rings is 1. The van der Waals surface area contributed by atoms with Gasteiger partial charge in [-0.05, 0) is 43.7 Å². The van der Waals surface area contributed by atoms with Gasteiger partial charge in [0.2, 0.25) is 0 Å². The number of hydrogen-bond donors (Lipinski definition) is 0. The fourth-order valence-corrected chi connectivity index (χ4v) is 2.40. The molecule has 1 rings (SSSR count). The SMILES string of the molecule is CCC(CC)C(=O)OC(C)COc1ccccc1C(C)CC. The Labute approximate surface area is 135 Å². The molecule has 124 valence electrons. The number of esters is 1. The normalized spacial score (nSPS) is 13.7. The van der Waals surface area contributed by atoms with Crippen LogP contribution in [0.5, 0.6) is 5.75 Å². The largest absolute Gasteiger partial charge is 0.489 e. The minimum atomic E-state index is -0.238. The summed E-state index contributed by atoms with van der Waals surface area (Å²) in [6.07, 6.45) is 2.47. The molecule has 0 aliphatic heterocycles. The van der Waals surface area contributed by atoms with Crippen molar-refractivity contribution in [1.29, 1.82) is 0 Å². The van der Waals surface area contributed by atoms with Crippen LogP contribution in [0, 0.1) is 5.92 Å². The Morgan fingerprint density at radius 2 is 1.68 bits per heavy atom. The standard InChI is InChI=1S/C19H30O3/c1-6-14(4)17-11-9-10-12-18(17)21-13-15(5)22-19(20)16(7-2)8-3/h9-12,14-16H,6-8,13H2,1-5H3. The Morgan fingerprint density at radius 3 is 2.27 bits per heavy atom. The first kappa shape index (κ1) is 18.5. The van der Waals surface area contributed by atoms with Gasteiger partial charge in [0, 0.05) is 0 Å². The fourth-order valence-electron chi connectivity index (χ4n) is 2.40. The van der Waals surface area contributed by atoms with E-state index < -0.39 is 0 Å². The summed E-state index contributed by atoms with van der Waals surface area (Å²) >= 11 is 0. The van der Waals surface area contributed by atoms with Crippen LogP contribution >= 0.6 is 0 Å². The van der Waals surface area contributed by atoms with Gasteiger partial charge in [-0.25, -0.2) is 0 Å². The van der Waals surface area contributed by atoms with E-state index in [-0.39, 0.29) is 18.0 Å². The lowest BCUT2D eigenvalue weighted by atomic mass is 9.98. The molecule has 0 radical (unpaired) electrons. The van der Waals surface area contributed by atoms with Crippen molar-refractivity contribution in [3.05, 3.63) is 29.8 Å². The van der Waals surface area contributed by atoms with Crippen LogP contribution in [-0.4, -0.2) is 18.7 Å². The zero-order chi connectivity index (χ0) is 16.5. The molecule has 2 atom stereocenters. The quantitative estimate of drug-likeness (QED) is 0.606. The van der Waals surface area contributed by atoms with E-state index in [1.807, 2.05) is 39.0 Å². The van der Waals surface area contributed by atoms with Crippen LogP contribution in [0.15, 0.2) is 24.3 Å². The summed E-state index contributed by atoms with van der Waals surface area (Å²) in [5.74, 6) is 1.23. The molecule has 0 spiro atoms. The molecule has 0 aliphatic rings. The van der Waals surface area contributed by atoms with E-state index in [2.05, 4.69) is 19.9 Å². The lowest BCUT2D eigenvalue weighted by Crippen LogP contribution is -2.26. The summed E-state index contributed by atoms with van der Waals surface area (Å²) < 4.78 is 11.4. The van der Waals surface area contributed by atoms with Gasteiger partial charge in [0.25, 0.3) is 0 Å². The van der Waals surface area contributed by atoms with Crippen LogP contribution in [0.4, 0.5) is 0 Å². The lowest BCUT2D eigenvalue weighted by molar-refractivity contribution is -0.154. The van der Waals surface area contributed by atoms with E-state index in [1.54, 1.807) is 0 Å². The van der Waals surface area contributed by atoms with Crippen LogP contribution in [0.1, 0.15) is 65.4 Å². The van der Waals surface area contributed by atoms with Crippen LogP contribution in [0.3, 0.4) is 0 Å². The molecule has 3 heteroatoms. The first-order valence-corrected chi connectivity index (χ1v) is 8.45. The maximum atomic E-state index is 12.0. The van der Waals surface area contributed by atoms with E-state index in [9.17, 15) is 4.79 Å². The monoisotopic (exact) mass is 306 g/mol. The van der Waals surface area contributed by atoms with Gasteiger partial charge >= 0.3 is 5.97 Å². The number of para-hydroxylation sites is 1. The number of ether oxygens (including phenoxy) is 2. The van der Waals surface area contributed by atoms with Gasteiger partial charge in [-0.3, -0.25) is 4.79 Å². The van der Waals surface area contributed by atoms with Gasteiger partial charge in [-0.1, -0.05) is 45.9 Å². The van der Waals surface area contributed by atoms with Gasteiger partial charge in [-0.15, -0.1) is 0 Å². The molecule has 0 bridgehead atoms. The highest BCUT2D eigenvalue weighted by atomic mass is 16.6. The van der Waals surface area contributed by atoms with Crippen molar-refractivity contribution in [1.82, 2.24) is 0 Å². The Hall–Kier alpha value is -1.51. The predicted octanol–water partition coefficient (Wildman–Crippen LogP) is 4.95. The van der Waals surface area contributed by atoms with E-state index in [0.717, 1.165) is 25.0 Å². The van der Waals surface area contributed by atoms with Gasteiger partial charge in [0.1, 0.15) is 18.5 Å². The summed E-state index contributed by atoms with van der Waals surface area (Å²) in [7, 11) is 0. The summed E-state index contributed by atoms with van der Waals surface area (Å²) in [6, 6.07) is 8.09. The third-order valence-electron chi connectivity index (χ3n) is 4.17. The molecule has 1 aromatic rings. The minimum Gasteiger partial charge on any atom is -0.489 e. The van der Waals surface area contributed by atoms with E-state index in [0.29, 0.717) is 12.5 Å². The van der Waals surface area contributed by atoms with Crippen LogP contribution < -0.4 is 4.74 Å². The second-order valence-electron chi connectivity index (χ2n) is 5.92. The summed E-state index contributed by atoms with van der Waals surface area (Å²) in [5.41, 5.74) is 1.21. The highest BCUT2D eigenvalue weighted by molar-refractivity contribution is 5.72. The summed E-state index contributed by atoms with van der Waals surface area (Å²) in [6.45, 7) is 10.7. The molecule has 0 heterocycles. The smallest absolute Gasteiger partial charge is 0.309 e. The van der Waals surface area contributed by atoms with Gasteiger partial charge in [-0.2, -0.15) is 0 Å². The predicted molar refractivity (Wildman–Crippen MR) is 90.3 cm³/mol. The maximum Gasteiger partial charge on any atom is 0.309 e. The molecular formula is C19H30O3. The molecule has 22 heavy (non-hydrogen) atoms. The zero-order valence-corrected chi connectivity index (χ0v) is 14.6. The molecule has 3 nitrogen and oxygen atoms in total. The van der Waals surface area contributed by atoms with E-state index in [1.165, 1.54) is 5.56 Å². The first-order valence-electron chi connectivity index (χ1n) is 8.45. The van der Waals surface area contributed by atoms with Gasteiger partial charge in [0.15, 0.2) is 0 Å². The maximum absolute atomic E-state index is 12.0. The molecule has 0 aliphatic carbocycles. The molecule has 0 fully saturated rings. The van der Waals surface area contributed by atoms with Crippen molar-refractivity contribution in [2.75, 3.05) is 6.61 Å². The van der Waals surface area contributed by atoms with Crippen molar-refractivity contribution in [3.8, 4) is 5.75 Å². The molecule has 0 saturated heterocycles. The average molecular weight is 306 g/mol. The van der Waals surface area contributed by atoms with Gasteiger partial charge < -0.3 is 9.47 Å². The number of carbonyl (C=O) groups excluding carboxylic acids is 1. The molecule has 1 aromatic carbocycles. The Bertz CT molecular complexity index is 452. The minimum absolute atomic E-state index is 0.00477. The molecule has 0 N–H and O–H groups in total. The van der Waals surface area contributed by atoms with Crippen molar-refractivity contribution < 1.29 is 14.3 Å². The topological polar surface area (TPSA) is 35.5 Å². The molecule has 2 unspecified atom stereocenters. The Balaban J connectivity index is 2.57. The number of hydrogen-bond acceptors (Lipinski definition) is 3. The van der Waals surface area contributed by atoms with Gasteiger partial charge in [0.05, 0.1) is 5.92 Å². The first-order chi connectivity index (χ1) is 10.5. The van der Waals surface area contributed by atoms with E-state index >= 15 is 0 Å². The molecule has 0 saturated carbocycles. The number of carbonyl (C=O) groups is 1. The highest BCUT2D eigenvalue weighted by Gasteiger charge is 2.19. The van der Waals surface area contributed by atoms with Crippen LogP contribution in [0.2, 0.25) is 0 Å². The Morgan fingerprint density at radius 1 is 1.05 bits per heavy atom. The third kappa shape index (κ3) is 5.36. The van der Waals surface area contributed by atoms with Crippen molar-refractivity contribution in [3.63, 3.8) is 0 Å². The molecule has 0 aromatic heterocycles. The van der Waals surface area contributed by atoms with Crippen LogP contribution in [0.25, 0.3) is 0 Å². The fraction of sp³-hybridized carbons (Fsp3) is 0.632. The summed E-state index contributed by atoms with van der Waals surface area (Å²) in [5, 5.41) is 0. The lowest BCUT2D eigenvalue weighted by Gasteiger charge is -2.20. The van der Waals surface area contributed by atoms with Crippen molar-refractivity contribution in [2.45, 2.75) is 65.9 Å². The summed E-state index contributed by atoms with van der Waals surface area (Å²) in [4.78, 5) is 12.0. The average Bonchev–Trinajstić information content (AvgIpc) is 2.53. The third-order valence-corrected chi connectivity index (χ3v) is 4.17. The highest BCUT2D eigenvalue weighted by Crippen LogP contribution is 2.28. The number of rotatable bonds is 9. The molecule has 0 amide bonds. The second-order valence-corrected chi connectivity index (χ2v) is 5.92.